The number of hydrogen-bond donors (Lipinski definition) is 1. The predicted molar refractivity (Wildman–Crippen MR) is 75.4 cm³/mol. The van der Waals surface area contributed by atoms with Crippen molar-refractivity contribution in [2.75, 3.05) is 6.54 Å². The summed E-state index contributed by atoms with van der Waals surface area (Å²) in [6, 6.07) is 4.40. The van der Waals surface area contributed by atoms with E-state index in [0.717, 1.165) is 23.9 Å². The quantitative estimate of drug-likeness (QED) is 0.884. The molecule has 0 aliphatic carbocycles. The molecule has 0 fully saturated rings. The molecule has 0 aliphatic heterocycles. The van der Waals surface area contributed by atoms with Crippen LogP contribution >= 0.6 is 15.9 Å². The van der Waals surface area contributed by atoms with E-state index in [0.29, 0.717) is 0 Å². The molecule has 0 spiro atoms. The Morgan fingerprint density at radius 2 is 2.33 bits per heavy atom. The molecule has 3 nitrogen and oxygen atoms in total. The highest BCUT2D eigenvalue weighted by molar-refractivity contribution is 9.10. The predicted octanol–water partition coefficient (Wildman–Crippen LogP) is 3.72. The number of furan rings is 1. The van der Waals surface area contributed by atoms with Crippen LogP contribution in [0.25, 0.3) is 0 Å². The molecule has 1 atom stereocenters. The molecule has 96 valence electrons. The van der Waals surface area contributed by atoms with E-state index >= 15 is 0 Å². The third-order valence-corrected chi connectivity index (χ3v) is 3.22. The van der Waals surface area contributed by atoms with Crippen molar-refractivity contribution in [2.24, 2.45) is 0 Å². The second-order valence-corrected chi connectivity index (χ2v) is 5.19. The fourth-order valence-corrected chi connectivity index (χ4v) is 2.32. The Hall–Kier alpha value is -1.13. The molecule has 0 saturated carbocycles. The van der Waals surface area contributed by atoms with Crippen molar-refractivity contribution in [1.29, 1.82) is 0 Å². The van der Waals surface area contributed by atoms with E-state index in [1.165, 1.54) is 11.1 Å². The molecule has 1 unspecified atom stereocenters. The monoisotopic (exact) mass is 308 g/mol. The Morgan fingerprint density at radius 3 is 3.00 bits per heavy atom. The van der Waals surface area contributed by atoms with Crippen LogP contribution in [0.1, 0.15) is 30.5 Å². The Bertz CT molecular complexity index is 470. The van der Waals surface area contributed by atoms with Gasteiger partial charge in [-0.25, -0.2) is 0 Å². The van der Waals surface area contributed by atoms with Gasteiger partial charge >= 0.3 is 0 Å². The summed E-state index contributed by atoms with van der Waals surface area (Å²) >= 11 is 3.45. The van der Waals surface area contributed by atoms with E-state index in [4.69, 9.17) is 4.42 Å². The van der Waals surface area contributed by atoms with Crippen molar-refractivity contribution in [3.05, 3.63) is 52.7 Å². The van der Waals surface area contributed by atoms with Crippen LogP contribution in [-0.2, 0) is 6.42 Å². The number of rotatable bonds is 6. The Kier molecular flexibility index (Phi) is 4.96. The van der Waals surface area contributed by atoms with Gasteiger partial charge in [-0.2, -0.15) is 0 Å². The smallest absolute Gasteiger partial charge is 0.0950 e. The molecule has 0 bridgehead atoms. The van der Waals surface area contributed by atoms with Crippen LogP contribution in [0.4, 0.5) is 0 Å². The summed E-state index contributed by atoms with van der Waals surface area (Å²) < 4.78 is 6.19. The number of hydrogen-bond acceptors (Lipinski definition) is 3. The minimum absolute atomic E-state index is 0.278. The molecule has 1 N–H and O–H groups in total. The molecule has 0 radical (unpaired) electrons. The average Bonchev–Trinajstić information content (AvgIpc) is 2.88. The fraction of sp³-hybridized carbons (Fsp3) is 0.357. The second-order valence-electron chi connectivity index (χ2n) is 4.28. The van der Waals surface area contributed by atoms with Gasteiger partial charge in [0.05, 0.1) is 12.5 Å². The lowest BCUT2D eigenvalue weighted by Gasteiger charge is -2.17. The molecule has 0 amide bonds. The van der Waals surface area contributed by atoms with Gasteiger partial charge in [-0.1, -0.05) is 6.92 Å². The van der Waals surface area contributed by atoms with Crippen LogP contribution in [0.2, 0.25) is 0 Å². The number of aromatic nitrogens is 1. The maximum absolute atomic E-state index is 5.17. The summed E-state index contributed by atoms with van der Waals surface area (Å²) in [7, 11) is 0. The largest absolute Gasteiger partial charge is 0.472 e. The number of nitrogens with one attached hydrogen (secondary N) is 1. The molecule has 2 aromatic rings. The van der Waals surface area contributed by atoms with E-state index in [1.54, 1.807) is 18.7 Å². The highest BCUT2D eigenvalue weighted by Gasteiger charge is 2.13. The zero-order valence-corrected chi connectivity index (χ0v) is 12.0. The zero-order chi connectivity index (χ0) is 12.8. The molecular weight excluding hydrogens is 292 g/mol. The molecule has 0 aromatic carbocycles. The van der Waals surface area contributed by atoms with E-state index in [2.05, 4.69) is 39.2 Å². The van der Waals surface area contributed by atoms with Crippen LogP contribution in [0.15, 0.2) is 45.9 Å². The van der Waals surface area contributed by atoms with Gasteiger partial charge in [-0.05, 0) is 53.0 Å². The standard InChI is InChI=1S/C14H17BrN2O/c1-2-4-17-14(12-3-5-18-10-12)7-11-6-13(15)9-16-8-11/h3,5-6,8-10,14,17H,2,4,7H2,1H3. The Morgan fingerprint density at radius 1 is 1.44 bits per heavy atom. The molecule has 18 heavy (non-hydrogen) atoms. The van der Waals surface area contributed by atoms with Gasteiger partial charge in [0.15, 0.2) is 0 Å². The van der Waals surface area contributed by atoms with Crippen LogP contribution in [0.3, 0.4) is 0 Å². The van der Waals surface area contributed by atoms with Crippen molar-refractivity contribution in [3.63, 3.8) is 0 Å². The zero-order valence-electron chi connectivity index (χ0n) is 10.4. The molecule has 2 heterocycles. The topological polar surface area (TPSA) is 38.1 Å². The molecule has 2 rings (SSSR count). The summed E-state index contributed by atoms with van der Waals surface area (Å²) in [5.41, 5.74) is 2.39. The van der Waals surface area contributed by atoms with Crippen molar-refractivity contribution in [1.82, 2.24) is 10.3 Å². The highest BCUT2D eigenvalue weighted by atomic mass is 79.9. The third-order valence-electron chi connectivity index (χ3n) is 2.79. The fourth-order valence-electron chi connectivity index (χ4n) is 1.90. The molecular formula is C14H17BrN2O. The number of pyridine rings is 1. The SMILES string of the molecule is CCCNC(Cc1cncc(Br)c1)c1ccoc1. The maximum Gasteiger partial charge on any atom is 0.0950 e. The first kappa shape index (κ1) is 13.3. The first-order chi connectivity index (χ1) is 8.79. The van der Waals surface area contributed by atoms with Gasteiger partial charge in [0.25, 0.3) is 0 Å². The van der Waals surface area contributed by atoms with E-state index in [9.17, 15) is 0 Å². The maximum atomic E-state index is 5.17. The lowest BCUT2D eigenvalue weighted by molar-refractivity contribution is 0.512. The van der Waals surface area contributed by atoms with E-state index in [1.807, 2.05) is 12.3 Å². The van der Waals surface area contributed by atoms with Gasteiger partial charge in [0.1, 0.15) is 0 Å². The third kappa shape index (κ3) is 3.68. The molecule has 4 heteroatoms. The van der Waals surface area contributed by atoms with Crippen molar-refractivity contribution < 1.29 is 4.42 Å². The molecule has 2 aromatic heterocycles. The van der Waals surface area contributed by atoms with Crippen LogP contribution in [0, 0.1) is 0 Å². The Labute approximate surface area is 116 Å². The van der Waals surface area contributed by atoms with Crippen molar-refractivity contribution in [2.45, 2.75) is 25.8 Å². The first-order valence-corrected chi connectivity index (χ1v) is 6.93. The lowest BCUT2D eigenvalue weighted by Crippen LogP contribution is -2.23. The summed E-state index contributed by atoms with van der Waals surface area (Å²) in [5, 5.41) is 3.54. The van der Waals surface area contributed by atoms with Gasteiger partial charge in [-0.15, -0.1) is 0 Å². The number of halogens is 1. The Balaban J connectivity index is 2.10. The van der Waals surface area contributed by atoms with Crippen LogP contribution in [0.5, 0.6) is 0 Å². The minimum Gasteiger partial charge on any atom is -0.472 e. The van der Waals surface area contributed by atoms with Gasteiger partial charge < -0.3 is 9.73 Å². The number of nitrogens with zero attached hydrogens (tertiary/aromatic N) is 1. The lowest BCUT2D eigenvalue weighted by atomic mass is 10.0. The van der Waals surface area contributed by atoms with Crippen molar-refractivity contribution >= 4 is 15.9 Å². The summed E-state index contributed by atoms with van der Waals surface area (Å²) in [4.78, 5) is 4.20. The van der Waals surface area contributed by atoms with Crippen LogP contribution < -0.4 is 5.32 Å². The summed E-state index contributed by atoms with van der Waals surface area (Å²) in [5.74, 6) is 0. The normalized spacial score (nSPS) is 12.6. The van der Waals surface area contributed by atoms with Crippen molar-refractivity contribution in [3.8, 4) is 0 Å². The molecule has 0 saturated heterocycles. The van der Waals surface area contributed by atoms with Gasteiger partial charge in [0.2, 0.25) is 0 Å². The van der Waals surface area contributed by atoms with Gasteiger partial charge in [0, 0.05) is 28.5 Å². The van der Waals surface area contributed by atoms with Crippen LogP contribution in [-0.4, -0.2) is 11.5 Å². The van der Waals surface area contributed by atoms with Gasteiger partial charge in [-0.3, -0.25) is 4.98 Å². The molecule has 0 aliphatic rings. The van der Waals surface area contributed by atoms with E-state index in [-0.39, 0.29) is 6.04 Å². The average molecular weight is 309 g/mol. The minimum atomic E-state index is 0.278. The summed E-state index contributed by atoms with van der Waals surface area (Å²) in [6.07, 6.45) is 9.26. The van der Waals surface area contributed by atoms with E-state index < -0.39 is 0 Å². The summed E-state index contributed by atoms with van der Waals surface area (Å²) in [6.45, 7) is 3.16. The highest BCUT2D eigenvalue weighted by Crippen LogP contribution is 2.20. The second kappa shape index (κ2) is 6.71. The first-order valence-electron chi connectivity index (χ1n) is 6.14.